The minimum absolute atomic E-state index is 0.168. The number of piperidine rings is 1. The van der Waals surface area contributed by atoms with Crippen LogP contribution in [0, 0.1) is 5.82 Å². The summed E-state index contributed by atoms with van der Waals surface area (Å²) in [5.41, 5.74) is 12.7. The van der Waals surface area contributed by atoms with Gasteiger partial charge < -0.3 is 24.5 Å². The van der Waals surface area contributed by atoms with Crippen molar-refractivity contribution in [3.63, 3.8) is 0 Å². The number of ether oxygens (including phenoxy) is 1. The average Bonchev–Trinajstić information content (AvgIpc) is 3.49. The first-order chi connectivity index (χ1) is 18.6. The fraction of sp³-hybridized carbons (Fsp3) is 0.258. The van der Waals surface area contributed by atoms with Gasteiger partial charge in [0.05, 0.1) is 24.3 Å². The second-order valence-corrected chi connectivity index (χ2v) is 10.3. The zero-order valence-electron chi connectivity index (χ0n) is 21.2. The molecule has 6 nitrogen and oxygen atoms in total. The monoisotopic (exact) mass is 507 g/mol. The second-order valence-electron chi connectivity index (χ2n) is 10.3. The molecule has 0 radical (unpaired) electrons. The van der Waals surface area contributed by atoms with Crippen LogP contribution in [0.4, 0.5) is 4.39 Å². The molecule has 0 aliphatic carbocycles. The maximum atomic E-state index is 14.7. The Morgan fingerprint density at radius 1 is 1.08 bits per heavy atom. The predicted octanol–water partition coefficient (Wildman–Crippen LogP) is 5.63. The van der Waals surface area contributed by atoms with E-state index in [-0.39, 0.29) is 11.9 Å². The molecule has 2 aliphatic heterocycles. The van der Waals surface area contributed by atoms with Crippen molar-refractivity contribution in [1.29, 1.82) is 0 Å². The SMILES string of the molecule is C=C(c1cc2c3c(c1)nc(-c1cc4ccccc4n1Cc1ccccc1F)n3CCO2)N1CCC[C@@H](N)C1. The zero-order valence-corrected chi connectivity index (χ0v) is 21.2. The van der Waals surface area contributed by atoms with Crippen LogP contribution in [0.3, 0.4) is 0 Å². The maximum Gasteiger partial charge on any atom is 0.158 e. The molecule has 0 bridgehead atoms. The molecule has 2 aliphatic rings. The lowest BCUT2D eigenvalue weighted by Gasteiger charge is -2.34. The van der Waals surface area contributed by atoms with Crippen LogP contribution in [0.25, 0.3) is 39.2 Å². The molecule has 38 heavy (non-hydrogen) atoms. The minimum Gasteiger partial charge on any atom is -0.489 e. The summed E-state index contributed by atoms with van der Waals surface area (Å²) in [4.78, 5) is 7.43. The molecule has 4 heterocycles. The van der Waals surface area contributed by atoms with E-state index in [0.717, 1.165) is 76.4 Å². The number of likely N-dealkylation sites (tertiary alicyclic amines) is 1. The van der Waals surface area contributed by atoms with Gasteiger partial charge in [-0.1, -0.05) is 43.0 Å². The number of fused-ring (bicyclic) bond motifs is 1. The molecule has 2 aromatic heterocycles. The smallest absolute Gasteiger partial charge is 0.158 e. The molecule has 5 aromatic rings. The number of halogens is 1. The predicted molar refractivity (Wildman–Crippen MR) is 149 cm³/mol. The number of hydrogen-bond donors (Lipinski definition) is 1. The summed E-state index contributed by atoms with van der Waals surface area (Å²) in [6.07, 6.45) is 2.11. The molecule has 192 valence electrons. The van der Waals surface area contributed by atoms with Crippen molar-refractivity contribution in [3.8, 4) is 17.3 Å². The Hall–Kier alpha value is -4.10. The van der Waals surface area contributed by atoms with Crippen molar-refractivity contribution in [3.05, 3.63) is 90.3 Å². The van der Waals surface area contributed by atoms with E-state index in [0.29, 0.717) is 25.3 Å². The minimum atomic E-state index is -0.206. The fourth-order valence-corrected chi connectivity index (χ4v) is 5.97. The van der Waals surface area contributed by atoms with E-state index in [1.54, 1.807) is 6.07 Å². The van der Waals surface area contributed by atoms with E-state index in [1.165, 1.54) is 6.07 Å². The van der Waals surface area contributed by atoms with Crippen molar-refractivity contribution in [2.75, 3.05) is 19.7 Å². The lowest BCUT2D eigenvalue weighted by molar-refractivity contribution is 0.286. The molecule has 3 aromatic carbocycles. The van der Waals surface area contributed by atoms with E-state index in [9.17, 15) is 4.39 Å². The number of para-hydroxylation sites is 1. The summed E-state index contributed by atoms with van der Waals surface area (Å²) < 4.78 is 25.3. The van der Waals surface area contributed by atoms with Gasteiger partial charge in [-0.25, -0.2) is 9.37 Å². The van der Waals surface area contributed by atoms with Crippen molar-refractivity contribution in [1.82, 2.24) is 19.0 Å². The van der Waals surface area contributed by atoms with Crippen LogP contribution in [0.1, 0.15) is 24.0 Å². The molecule has 2 N–H and O–H groups in total. The Kier molecular flexibility index (Phi) is 5.48. The van der Waals surface area contributed by atoms with Gasteiger partial charge in [0.25, 0.3) is 0 Å². The van der Waals surface area contributed by atoms with Crippen LogP contribution in [-0.4, -0.2) is 44.8 Å². The van der Waals surface area contributed by atoms with Crippen LogP contribution in [-0.2, 0) is 13.1 Å². The number of nitrogens with two attached hydrogens (primary N) is 1. The van der Waals surface area contributed by atoms with Crippen molar-refractivity contribution in [2.24, 2.45) is 5.73 Å². The molecule has 0 spiro atoms. The number of nitrogens with zero attached hydrogens (tertiary/aromatic N) is 4. The van der Waals surface area contributed by atoms with Crippen LogP contribution in [0.2, 0.25) is 0 Å². The molecule has 1 saturated heterocycles. The van der Waals surface area contributed by atoms with Crippen molar-refractivity contribution < 1.29 is 9.13 Å². The number of benzene rings is 3. The highest BCUT2D eigenvalue weighted by atomic mass is 19.1. The normalized spacial score (nSPS) is 17.2. The van der Waals surface area contributed by atoms with Crippen LogP contribution in [0.5, 0.6) is 5.75 Å². The van der Waals surface area contributed by atoms with E-state index in [2.05, 4.69) is 50.9 Å². The quantitative estimate of drug-likeness (QED) is 0.335. The molecule has 0 unspecified atom stereocenters. The third-order valence-corrected chi connectivity index (χ3v) is 7.88. The summed E-state index contributed by atoms with van der Waals surface area (Å²) in [7, 11) is 0. The zero-order chi connectivity index (χ0) is 25.8. The van der Waals surface area contributed by atoms with E-state index >= 15 is 0 Å². The van der Waals surface area contributed by atoms with E-state index < -0.39 is 0 Å². The van der Waals surface area contributed by atoms with Gasteiger partial charge in [-0.05, 0) is 43.2 Å². The molecule has 0 saturated carbocycles. The Balaban J connectivity index is 1.37. The Bertz CT molecular complexity index is 1700. The third-order valence-electron chi connectivity index (χ3n) is 7.88. The summed E-state index contributed by atoms with van der Waals surface area (Å²) in [5.74, 6) is 1.48. The topological polar surface area (TPSA) is 61.2 Å². The maximum absolute atomic E-state index is 14.7. The molecule has 7 heteroatoms. The van der Waals surface area contributed by atoms with Gasteiger partial charge in [-0.2, -0.15) is 0 Å². The largest absolute Gasteiger partial charge is 0.489 e. The highest BCUT2D eigenvalue weighted by Crippen LogP contribution is 2.38. The van der Waals surface area contributed by atoms with Gasteiger partial charge in [-0.15, -0.1) is 0 Å². The summed E-state index contributed by atoms with van der Waals surface area (Å²) in [6.45, 7) is 7.84. The van der Waals surface area contributed by atoms with Crippen LogP contribution < -0.4 is 10.5 Å². The molecule has 1 atom stereocenters. The fourth-order valence-electron chi connectivity index (χ4n) is 5.97. The lowest BCUT2D eigenvalue weighted by atomic mass is 10.0. The first-order valence-electron chi connectivity index (χ1n) is 13.3. The Morgan fingerprint density at radius 2 is 1.92 bits per heavy atom. The first-order valence-corrected chi connectivity index (χ1v) is 13.3. The Labute approximate surface area is 220 Å². The Morgan fingerprint density at radius 3 is 2.79 bits per heavy atom. The summed E-state index contributed by atoms with van der Waals surface area (Å²) in [5, 5.41) is 1.10. The highest BCUT2D eigenvalue weighted by Gasteiger charge is 2.26. The second kappa shape index (κ2) is 9.03. The van der Waals surface area contributed by atoms with E-state index in [1.807, 2.05) is 24.3 Å². The highest BCUT2D eigenvalue weighted by molar-refractivity contribution is 5.92. The molecular weight excluding hydrogens is 477 g/mol. The van der Waals surface area contributed by atoms with Crippen molar-refractivity contribution >= 4 is 27.6 Å². The third kappa shape index (κ3) is 3.77. The molecule has 1 fully saturated rings. The van der Waals surface area contributed by atoms with Crippen LogP contribution in [0.15, 0.2) is 73.3 Å². The number of imidazole rings is 1. The van der Waals surface area contributed by atoms with Gasteiger partial charge in [0, 0.05) is 46.9 Å². The molecule has 7 rings (SSSR count). The summed E-state index contributed by atoms with van der Waals surface area (Å²) in [6, 6.07) is 21.7. The molecular formula is C31H30FN5O. The number of rotatable bonds is 5. The number of hydrogen-bond acceptors (Lipinski definition) is 4. The lowest BCUT2D eigenvalue weighted by Crippen LogP contribution is -2.41. The van der Waals surface area contributed by atoms with Gasteiger partial charge in [0.1, 0.15) is 23.7 Å². The number of aromatic nitrogens is 3. The van der Waals surface area contributed by atoms with Gasteiger partial charge in [-0.3, -0.25) is 0 Å². The van der Waals surface area contributed by atoms with E-state index in [4.69, 9.17) is 15.5 Å². The molecule has 0 amide bonds. The van der Waals surface area contributed by atoms with Crippen LogP contribution >= 0.6 is 0 Å². The standard InChI is InChI=1S/C31H30FN5O/c1-20(35-12-6-9-24(33)19-35)23-15-26-30-29(17-23)38-14-13-36(30)31(34-26)28-16-21-7-3-5-11-27(21)37(28)18-22-8-2-4-10-25(22)32/h2-5,7-8,10-11,15-17,24H,1,6,9,12-14,18-19,33H2/t24-/m1/s1. The van der Waals surface area contributed by atoms with Gasteiger partial charge in [0.15, 0.2) is 5.82 Å². The van der Waals surface area contributed by atoms with Gasteiger partial charge in [0.2, 0.25) is 0 Å². The first kappa shape index (κ1) is 23.0. The average molecular weight is 508 g/mol. The van der Waals surface area contributed by atoms with Gasteiger partial charge >= 0.3 is 0 Å². The van der Waals surface area contributed by atoms with Crippen molar-refractivity contribution in [2.45, 2.75) is 32.0 Å². The summed E-state index contributed by atoms with van der Waals surface area (Å²) >= 11 is 0.